The molecule has 2 N–H and O–H groups in total. The van der Waals surface area contributed by atoms with Crippen LogP contribution in [0, 0.1) is 19.8 Å². The predicted molar refractivity (Wildman–Crippen MR) is 68.8 cm³/mol. The molecule has 1 aromatic heterocycles. The van der Waals surface area contributed by atoms with Gasteiger partial charge in [0.15, 0.2) is 0 Å². The number of aliphatic carboxylic acids is 1. The van der Waals surface area contributed by atoms with Crippen molar-refractivity contribution in [3.63, 3.8) is 0 Å². The normalized spacial score (nSPS) is 18.9. The Morgan fingerprint density at radius 1 is 1.32 bits per heavy atom. The Balaban J connectivity index is 2.43. The molecule has 0 aromatic carbocycles. The third-order valence-corrected chi connectivity index (χ3v) is 4.53. The Labute approximate surface area is 113 Å². The van der Waals surface area contributed by atoms with Gasteiger partial charge < -0.3 is 15.1 Å². The van der Waals surface area contributed by atoms with Crippen LogP contribution in [0.15, 0.2) is 0 Å². The number of rotatable bonds is 3. The van der Waals surface area contributed by atoms with Gasteiger partial charge in [-0.3, -0.25) is 9.59 Å². The van der Waals surface area contributed by atoms with Crippen molar-refractivity contribution in [1.29, 1.82) is 0 Å². The highest BCUT2D eigenvalue weighted by molar-refractivity contribution is 7.16. The highest BCUT2D eigenvalue weighted by Gasteiger charge is 2.38. The molecule has 0 spiro atoms. The Morgan fingerprint density at radius 3 is 2.42 bits per heavy atom. The van der Waals surface area contributed by atoms with Crippen molar-refractivity contribution in [2.75, 3.05) is 11.4 Å². The summed E-state index contributed by atoms with van der Waals surface area (Å²) in [6.45, 7) is 3.51. The second kappa shape index (κ2) is 4.65. The number of aryl methyl sites for hydroxylation is 1. The van der Waals surface area contributed by atoms with E-state index in [1.54, 1.807) is 13.8 Å². The minimum Gasteiger partial charge on any atom is -0.481 e. The third kappa shape index (κ3) is 2.21. The molecule has 1 aliphatic rings. The first-order valence-electron chi connectivity index (χ1n) is 5.69. The summed E-state index contributed by atoms with van der Waals surface area (Å²) in [5.74, 6) is -3.23. The Morgan fingerprint density at radius 2 is 1.95 bits per heavy atom. The van der Waals surface area contributed by atoms with Crippen molar-refractivity contribution in [3.05, 3.63) is 16.0 Å². The second-order valence-corrected chi connectivity index (χ2v) is 5.72. The van der Waals surface area contributed by atoms with Gasteiger partial charge in [0.25, 0.3) is 0 Å². The summed E-state index contributed by atoms with van der Waals surface area (Å²) in [5, 5.41) is 18.5. The molecule has 7 heteroatoms. The number of amides is 1. The number of nitrogens with zero attached hydrogens (tertiary/aromatic N) is 1. The van der Waals surface area contributed by atoms with Crippen LogP contribution in [-0.4, -0.2) is 34.6 Å². The quantitative estimate of drug-likeness (QED) is 0.876. The lowest BCUT2D eigenvalue weighted by Crippen LogP contribution is -2.26. The first-order chi connectivity index (χ1) is 8.82. The summed E-state index contributed by atoms with van der Waals surface area (Å²) < 4.78 is 0. The van der Waals surface area contributed by atoms with Crippen molar-refractivity contribution in [2.45, 2.75) is 20.3 Å². The second-order valence-electron chi connectivity index (χ2n) is 4.51. The molecule has 1 atom stereocenters. The van der Waals surface area contributed by atoms with Crippen LogP contribution in [0.25, 0.3) is 0 Å². The summed E-state index contributed by atoms with van der Waals surface area (Å²) in [7, 11) is 0. The number of aromatic carboxylic acids is 1. The van der Waals surface area contributed by atoms with Gasteiger partial charge >= 0.3 is 11.9 Å². The van der Waals surface area contributed by atoms with Gasteiger partial charge in [-0.1, -0.05) is 0 Å². The van der Waals surface area contributed by atoms with Crippen LogP contribution in [0.3, 0.4) is 0 Å². The van der Waals surface area contributed by atoms with Crippen LogP contribution in [0.5, 0.6) is 0 Å². The van der Waals surface area contributed by atoms with Crippen LogP contribution in [0.2, 0.25) is 0 Å². The number of carboxylic acids is 2. The standard InChI is InChI=1S/C12H13NO5S/c1-5-6(2)19-10(9(5)12(17)18)13-4-7(11(15)16)3-8(13)14/h7H,3-4H2,1-2H3,(H,15,16)(H,17,18). The fraction of sp³-hybridized carbons (Fsp3) is 0.417. The van der Waals surface area contributed by atoms with Gasteiger partial charge in [-0.05, 0) is 19.4 Å². The van der Waals surface area contributed by atoms with E-state index in [9.17, 15) is 19.5 Å². The lowest BCUT2D eigenvalue weighted by Gasteiger charge is -2.15. The van der Waals surface area contributed by atoms with E-state index in [1.807, 2.05) is 0 Å². The molecule has 1 saturated heterocycles. The summed E-state index contributed by atoms with van der Waals surface area (Å²) in [4.78, 5) is 36.2. The summed E-state index contributed by atoms with van der Waals surface area (Å²) in [6, 6.07) is 0. The zero-order chi connectivity index (χ0) is 14.3. The van der Waals surface area contributed by atoms with Crippen LogP contribution in [-0.2, 0) is 9.59 Å². The average molecular weight is 283 g/mol. The number of hydrogen-bond donors (Lipinski definition) is 2. The van der Waals surface area contributed by atoms with Gasteiger partial charge in [-0.15, -0.1) is 11.3 Å². The maximum atomic E-state index is 11.9. The summed E-state index contributed by atoms with van der Waals surface area (Å²) in [6.07, 6.45) is -0.0790. The molecule has 0 aliphatic carbocycles. The summed E-state index contributed by atoms with van der Waals surface area (Å²) in [5.41, 5.74) is 0.723. The molecule has 0 radical (unpaired) electrons. The number of hydrogen-bond acceptors (Lipinski definition) is 4. The lowest BCUT2D eigenvalue weighted by atomic mass is 10.1. The Hall–Kier alpha value is -1.89. The first kappa shape index (κ1) is 13.5. The fourth-order valence-corrected chi connectivity index (χ4v) is 3.29. The molecule has 0 saturated carbocycles. The van der Waals surface area contributed by atoms with Gasteiger partial charge in [0, 0.05) is 17.8 Å². The van der Waals surface area contributed by atoms with E-state index in [0.29, 0.717) is 10.6 Å². The van der Waals surface area contributed by atoms with E-state index in [0.717, 1.165) is 4.88 Å². The van der Waals surface area contributed by atoms with Crippen molar-refractivity contribution < 1.29 is 24.6 Å². The molecule has 0 bridgehead atoms. The molecule has 102 valence electrons. The fourth-order valence-electron chi connectivity index (χ4n) is 2.12. The smallest absolute Gasteiger partial charge is 0.339 e. The molecule has 2 heterocycles. The molecule has 6 nitrogen and oxygen atoms in total. The van der Waals surface area contributed by atoms with Crippen LogP contribution < -0.4 is 4.90 Å². The molecule has 2 rings (SSSR count). The van der Waals surface area contributed by atoms with Crippen molar-refractivity contribution >= 4 is 34.2 Å². The maximum absolute atomic E-state index is 11.9. The molecule has 1 amide bonds. The molecular weight excluding hydrogens is 270 g/mol. The molecular formula is C12H13NO5S. The SMILES string of the molecule is Cc1sc(N2CC(C(=O)O)CC2=O)c(C(=O)O)c1C. The van der Waals surface area contributed by atoms with Crippen molar-refractivity contribution in [1.82, 2.24) is 0 Å². The van der Waals surface area contributed by atoms with Gasteiger partial charge in [0.2, 0.25) is 5.91 Å². The number of anilines is 1. The average Bonchev–Trinajstić information content (AvgIpc) is 2.81. The molecule has 1 aromatic rings. The maximum Gasteiger partial charge on any atom is 0.339 e. The topological polar surface area (TPSA) is 94.9 Å². The van der Waals surface area contributed by atoms with E-state index in [4.69, 9.17) is 5.11 Å². The largest absolute Gasteiger partial charge is 0.481 e. The number of carboxylic acid groups (broad SMARTS) is 2. The number of carbonyl (C=O) groups excluding carboxylic acids is 1. The van der Waals surface area contributed by atoms with E-state index in [-0.39, 0.29) is 24.4 Å². The van der Waals surface area contributed by atoms with Crippen LogP contribution in [0.1, 0.15) is 27.2 Å². The van der Waals surface area contributed by atoms with Crippen molar-refractivity contribution in [2.24, 2.45) is 5.92 Å². The molecule has 1 unspecified atom stereocenters. The van der Waals surface area contributed by atoms with E-state index < -0.39 is 17.9 Å². The van der Waals surface area contributed by atoms with Gasteiger partial charge in [-0.25, -0.2) is 4.79 Å². The van der Waals surface area contributed by atoms with Gasteiger partial charge in [0.1, 0.15) is 5.00 Å². The number of thiophene rings is 1. The Kier molecular flexibility index (Phi) is 3.32. The molecule has 1 fully saturated rings. The highest BCUT2D eigenvalue weighted by atomic mass is 32.1. The zero-order valence-electron chi connectivity index (χ0n) is 10.5. The van der Waals surface area contributed by atoms with E-state index >= 15 is 0 Å². The number of carbonyl (C=O) groups is 3. The van der Waals surface area contributed by atoms with Gasteiger partial charge in [-0.2, -0.15) is 0 Å². The minimum atomic E-state index is -1.09. The first-order valence-corrected chi connectivity index (χ1v) is 6.51. The van der Waals surface area contributed by atoms with Crippen molar-refractivity contribution in [3.8, 4) is 0 Å². The third-order valence-electron chi connectivity index (χ3n) is 3.30. The zero-order valence-corrected chi connectivity index (χ0v) is 11.3. The van der Waals surface area contributed by atoms with Gasteiger partial charge in [0.05, 0.1) is 11.5 Å². The van der Waals surface area contributed by atoms with E-state index in [2.05, 4.69) is 0 Å². The van der Waals surface area contributed by atoms with Crippen LogP contribution >= 0.6 is 11.3 Å². The monoisotopic (exact) mass is 283 g/mol. The highest BCUT2D eigenvalue weighted by Crippen LogP contribution is 2.38. The summed E-state index contributed by atoms with van der Waals surface area (Å²) >= 11 is 1.22. The molecule has 19 heavy (non-hydrogen) atoms. The van der Waals surface area contributed by atoms with E-state index in [1.165, 1.54) is 16.2 Å². The Bertz CT molecular complexity index is 577. The lowest BCUT2D eigenvalue weighted by molar-refractivity contribution is -0.141. The predicted octanol–water partition coefficient (Wildman–Crippen LogP) is 1.50. The molecule has 1 aliphatic heterocycles. The van der Waals surface area contributed by atoms with Crippen LogP contribution in [0.4, 0.5) is 5.00 Å². The minimum absolute atomic E-state index is 0.0356.